The van der Waals surface area contributed by atoms with Gasteiger partial charge in [-0.2, -0.15) is 0 Å². The zero-order valence-electron chi connectivity index (χ0n) is 15.8. The lowest BCUT2D eigenvalue weighted by Gasteiger charge is -2.15. The first-order valence-electron chi connectivity index (χ1n) is 8.98. The summed E-state index contributed by atoms with van der Waals surface area (Å²) in [5.74, 6) is -0.308. The molecule has 0 spiro atoms. The van der Waals surface area contributed by atoms with Crippen LogP contribution in [0.4, 0.5) is 21.0 Å². The van der Waals surface area contributed by atoms with Crippen molar-refractivity contribution in [3.8, 4) is 5.75 Å². The number of rotatable bonds is 7. The molecule has 4 N–H and O–H groups in total. The summed E-state index contributed by atoms with van der Waals surface area (Å²) in [5, 5.41) is 17.8. The number of phenolic OH excluding ortho intramolecular Hbond substituents is 1. The second-order valence-corrected chi connectivity index (χ2v) is 6.63. The summed E-state index contributed by atoms with van der Waals surface area (Å²) in [6.45, 7) is 4.09. The molecule has 1 unspecified atom stereocenters. The summed E-state index contributed by atoms with van der Waals surface area (Å²) < 4.78 is 5.11. The lowest BCUT2D eigenvalue weighted by atomic mass is 10.1. The molecule has 0 aliphatic rings. The second-order valence-electron chi connectivity index (χ2n) is 6.22. The highest BCUT2D eigenvalue weighted by Gasteiger charge is 2.15. The lowest BCUT2D eigenvalue weighted by Crippen LogP contribution is -2.30. The minimum atomic E-state index is -0.717. The molecule has 0 aromatic heterocycles. The van der Waals surface area contributed by atoms with Crippen molar-refractivity contribution >= 4 is 35.1 Å². The van der Waals surface area contributed by atoms with Crippen LogP contribution in [0.5, 0.6) is 5.75 Å². The van der Waals surface area contributed by atoms with Gasteiger partial charge in [0.2, 0.25) is 0 Å². The fourth-order valence-corrected chi connectivity index (χ4v) is 2.53. The SMILES string of the molecule is CCC(C)OC(=O)Nc1cc(NC(=O)NCCc2ccccc2)cc(Cl)c1O. The Hall–Kier alpha value is -2.93. The number of phenols is 1. The highest BCUT2D eigenvalue weighted by atomic mass is 35.5. The molecule has 8 heteroatoms. The van der Waals surface area contributed by atoms with Gasteiger partial charge in [0.25, 0.3) is 0 Å². The van der Waals surface area contributed by atoms with E-state index in [1.807, 2.05) is 37.3 Å². The number of amides is 3. The van der Waals surface area contributed by atoms with Crippen LogP contribution < -0.4 is 16.0 Å². The number of halogens is 1. The molecule has 0 bridgehead atoms. The molecule has 0 aliphatic carbocycles. The predicted octanol–water partition coefficient (Wildman–Crippen LogP) is 4.76. The fourth-order valence-electron chi connectivity index (χ4n) is 2.31. The number of nitrogens with one attached hydrogen (secondary N) is 3. The average Bonchev–Trinajstić information content (AvgIpc) is 2.66. The molecule has 0 fully saturated rings. The molecule has 2 rings (SSSR count). The molecule has 0 saturated carbocycles. The van der Waals surface area contributed by atoms with Crippen molar-refractivity contribution in [2.24, 2.45) is 0 Å². The van der Waals surface area contributed by atoms with E-state index >= 15 is 0 Å². The summed E-state index contributed by atoms with van der Waals surface area (Å²) in [7, 11) is 0. The van der Waals surface area contributed by atoms with E-state index in [1.165, 1.54) is 12.1 Å². The minimum Gasteiger partial charge on any atom is -0.504 e. The van der Waals surface area contributed by atoms with Gasteiger partial charge in [-0.3, -0.25) is 5.32 Å². The Kier molecular flexibility index (Phi) is 7.95. The monoisotopic (exact) mass is 405 g/mol. The third-order valence-corrected chi connectivity index (χ3v) is 4.27. The number of benzene rings is 2. The van der Waals surface area contributed by atoms with Crippen LogP contribution in [0.2, 0.25) is 5.02 Å². The molecule has 0 radical (unpaired) electrons. The highest BCUT2D eigenvalue weighted by molar-refractivity contribution is 6.33. The molecule has 1 atom stereocenters. The van der Waals surface area contributed by atoms with Gasteiger partial charge in [-0.25, -0.2) is 9.59 Å². The van der Waals surface area contributed by atoms with E-state index in [2.05, 4.69) is 16.0 Å². The van der Waals surface area contributed by atoms with Gasteiger partial charge in [0.15, 0.2) is 5.75 Å². The number of anilines is 2. The molecule has 2 aromatic rings. The van der Waals surface area contributed by atoms with E-state index in [9.17, 15) is 14.7 Å². The maximum absolute atomic E-state index is 12.1. The summed E-state index contributed by atoms with van der Waals surface area (Å²) in [6.07, 6.45) is 0.364. The Morgan fingerprint density at radius 2 is 1.89 bits per heavy atom. The molecule has 150 valence electrons. The van der Waals surface area contributed by atoms with Crippen LogP contribution >= 0.6 is 11.6 Å². The molecule has 0 aliphatic heterocycles. The van der Waals surface area contributed by atoms with Crippen molar-refractivity contribution in [1.82, 2.24) is 5.32 Å². The van der Waals surface area contributed by atoms with Crippen LogP contribution in [0.1, 0.15) is 25.8 Å². The maximum atomic E-state index is 12.1. The molecule has 0 heterocycles. The number of hydrogen-bond acceptors (Lipinski definition) is 4. The number of hydrogen-bond donors (Lipinski definition) is 4. The topological polar surface area (TPSA) is 99.7 Å². The van der Waals surface area contributed by atoms with E-state index in [1.54, 1.807) is 6.92 Å². The van der Waals surface area contributed by atoms with Gasteiger partial charge >= 0.3 is 12.1 Å². The highest BCUT2D eigenvalue weighted by Crippen LogP contribution is 2.35. The smallest absolute Gasteiger partial charge is 0.412 e. The zero-order chi connectivity index (χ0) is 20.5. The average molecular weight is 406 g/mol. The second kappa shape index (κ2) is 10.4. The van der Waals surface area contributed by atoms with Crippen molar-refractivity contribution in [1.29, 1.82) is 0 Å². The van der Waals surface area contributed by atoms with Crippen LogP contribution in [-0.4, -0.2) is 29.9 Å². The molecular weight excluding hydrogens is 382 g/mol. The first kappa shape index (κ1) is 21.4. The number of aromatic hydroxyl groups is 1. The quantitative estimate of drug-likeness (QED) is 0.394. The fraction of sp³-hybridized carbons (Fsp3) is 0.300. The third kappa shape index (κ3) is 6.66. The van der Waals surface area contributed by atoms with Crippen molar-refractivity contribution in [2.75, 3.05) is 17.2 Å². The Morgan fingerprint density at radius 3 is 2.57 bits per heavy atom. The summed E-state index contributed by atoms with van der Waals surface area (Å²) in [6, 6.07) is 12.1. The van der Waals surface area contributed by atoms with Gasteiger partial charge in [-0.05, 0) is 37.5 Å². The van der Waals surface area contributed by atoms with Crippen molar-refractivity contribution in [3.05, 3.63) is 53.1 Å². The van der Waals surface area contributed by atoms with Gasteiger partial charge < -0.3 is 20.5 Å². The molecule has 0 saturated heterocycles. The van der Waals surface area contributed by atoms with E-state index in [0.29, 0.717) is 25.1 Å². The van der Waals surface area contributed by atoms with Crippen molar-refractivity contribution in [2.45, 2.75) is 32.8 Å². The maximum Gasteiger partial charge on any atom is 0.412 e. The van der Waals surface area contributed by atoms with Crippen molar-refractivity contribution < 1.29 is 19.4 Å². The summed E-state index contributed by atoms with van der Waals surface area (Å²) in [4.78, 5) is 23.9. The zero-order valence-corrected chi connectivity index (χ0v) is 16.5. The van der Waals surface area contributed by atoms with E-state index in [4.69, 9.17) is 16.3 Å². The van der Waals surface area contributed by atoms with E-state index < -0.39 is 12.1 Å². The Labute approximate surface area is 169 Å². The van der Waals surface area contributed by atoms with Gasteiger partial charge in [-0.1, -0.05) is 48.9 Å². The van der Waals surface area contributed by atoms with Crippen molar-refractivity contribution in [3.63, 3.8) is 0 Å². The summed E-state index contributed by atoms with van der Waals surface area (Å²) >= 11 is 5.99. The first-order valence-corrected chi connectivity index (χ1v) is 9.35. The van der Waals surface area contributed by atoms with Gasteiger partial charge in [-0.15, -0.1) is 0 Å². The molecule has 3 amide bonds. The molecule has 2 aromatic carbocycles. The van der Waals surface area contributed by atoms with Gasteiger partial charge in [0, 0.05) is 12.2 Å². The van der Waals surface area contributed by atoms with Crippen LogP contribution in [-0.2, 0) is 11.2 Å². The summed E-state index contributed by atoms with van der Waals surface area (Å²) in [5.41, 5.74) is 1.47. The molecule has 7 nitrogen and oxygen atoms in total. The Bertz CT molecular complexity index is 815. The third-order valence-electron chi connectivity index (χ3n) is 3.98. The van der Waals surface area contributed by atoms with Gasteiger partial charge in [0.1, 0.15) is 6.10 Å². The first-order chi connectivity index (χ1) is 13.4. The Morgan fingerprint density at radius 1 is 1.18 bits per heavy atom. The minimum absolute atomic E-state index is 0.0130. The van der Waals surface area contributed by atoms with Crippen LogP contribution in [0.15, 0.2) is 42.5 Å². The number of ether oxygens (including phenoxy) is 1. The van der Waals surface area contributed by atoms with Crippen LogP contribution in [0.25, 0.3) is 0 Å². The largest absolute Gasteiger partial charge is 0.504 e. The number of carbonyl (C=O) groups is 2. The molecular formula is C20H24ClN3O4. The predicted molar refractivity (Wildman–Crippen MR) is 110 cm³/mol. The Balaban J connectivity index is 1.94. The normalized spacial score (nSPS) is 11.4. The van der Waals surface area contributed by atoms with Crippen LogP contribution in [0.3, 0.4) is 0 Å². The van der Waals surface area contributed by atoms with Crippen LogP contribution in [0, 0.1) is 0 Å². The van der Waals surface area contributed by atoms with E-state index in [-0.39, 0.29) is 22.6 Å². The number of carbonyl (C=O) groups excluding carboxylic acids is 2. The number of urea groups is 1. The van der Waals surface area contributed by atoms with E-state index in [0.717, 1.165) is 5.56 Å². The molecule has 28 heavy (non-hydrogen) atoms. The standard InChI is InChI=1S/C20H24ClN3O4/c1-3-13(2)28-20(27)24-17-12-15(11-16(21)18(17)25)23-19(26)22-10-9-14-7-5-4-6-8-14/h4-8,11-13,25H,3,9-10H2,1-2H3,(H,24,27)(H2,22,23,26). The van der Waals surface area contributed by atoms with Gasteiger partial charge in [0.05, 0.1) is 10.7 Å². The lowest BCUT2D eigenvalue weighted by molar-refractivity contribution is 0.118.